The highest BCUT2D eigenvalue weighted by Gasteiger charge is 2.39. The molecule has 1 aliphatic heterocycles. The highest BCUT2D eigenvalue weighted by atomic mass is 16.2. The number of likely N-dealkylation sites (N-methyl/N-ethyl adjacent to an activating group) is 1. The van der Waals surface area contributed by atoms with Gasteiger partial charge in [-0.25, -0.2) is 4.79 Å². The van der Waals surface area contributed by atoms with Crippen molar-refractivity contribution in [1.82, 2.24) is 25.8 Å². The number of unbranched alkanes of at least 4 members (excludes halogenated alkanes) is 2. The van der Waals surface area contributed by atoms with Crippen LogP contribution >= 0.6 is 0 Å². The van der Waals surface area contributed by atoms with Crippen LogP contribution in [-0.4, -0.2) is 90.6 Å². The number of Topliss-reactive ketones (excluding diaryl/α,β-unsaturated/α-hetero) is 1. The van der Waals surface area contributed by atoms with Gasteiger partial charge in [-0.1, -0.05) is 41.0 Å². The van der Waals surface area contributed by atoms with E-state index in [4.69, 9.17) is 5.73 Å². The number of carbonyl (C=O) groups is 6. The lowest BCUT2D eigenvalue weighted by atomic mass is 9.84. The van der Waals surface area contributed by atoms with Crippen LogP contribution < -0.4 is 21.7 Å². The Kier molecular flexibility index (Phi) is 13.6. The number of primary amides is 1. The van der Waals surface area contributed by atoms with E-state index in [9.17, 15) is 28.8 Å². The Labute approximate surface area is 232 Å². The molecule has 12 heteroatoms. The molecule has 1 fully saturated rings. The normalized spacial score (nSPS) is 17.4. The molecule has 0 saturated carbocycles. The molecule has 1 heterocycles. The van der Waals surface area contributed by atoms with Crippen molar-refractivity contribution in [2.75, 3.05) is 27.2 Å². The standard InChI is InChI=1S/C27H48N6O6/c1-17(2)22(24(37)30-18(23(36)27(3,4)5)12-11-14-29-26(28)39)31-20(34)13-9-8-10-15-33-21(35)16-19(25(33)38)32(6)7/h17-19,22H,8-16H2,1-7H3,(H,30,37)(H,31,34)(H3,28,29,39)/t18-,19?,22-/m0/s1. The second kappa shape index (κ2) is 15.5. The third-order valence-electron chi connectivity index (χ3n) is 6.74. The van der Waals surface area contributed by atoms with E-state index in [1.807, 2.05) is 13.8 Å². The van der Waals surface area contributed by atoms with Crippen LogP contribution in [0.3, 0.4) is 0 Å². The van der Waals surface area contributed by atoms with Gasteiger partial charge < -0.3 is 21.7 Å². The second-order valence-electron chi connectivity index (χ2n) is 11.8. The maximum atomic E-state index is 13.1. The number of nitrogens with zero attached hydrogens (tertiary/aromatic N) is 2. The molecule has 222 valence electrons. The first-order valence-electron chi connectivity index (χ1n) is 13.7. The van der Waals surface area contributed by atoms with E-state index >= 15 is 0 Å². The van der Waals surface area contributed by atoms with Crippen molar-refractivity contribution in [3.05, 3.63) is 0 Å². The van der Waals surface area contributed by atoms with Crippen LogP contribution in [0, 0.1) is 11.3 Å². The van der Waals surface area contributed by atoms with Crippen LogP contribution in [0.4, 0.5) is 4.79 Å². The van der Waals surface area contributed by atoms with Gasteiger partial charge in [-0.2, -0.15) is 0 Å². The molecule has 0 aromatic heterocycles. The lowest BCUT2D eigenvalue weighted by Crippen LogP contribution is -2.55. The predicted octanol–water partition coefficient (Wildman–Crippen LogP) is 0.925. The van der Waals surface area contributed by atoms with Crippen molar-refractivity contribution in [1.29, 1.82) is 0 Å². The summed E-state index contributed by atoms with van der Waals surface area (Å²) in [7, 11) is 3.55. The van der Waals surface area contributed by atoms with Gasteiger partial charge in [-0.15, -0.1) is 0 Å². The van der Waals surface area contributed by atoms with E-state index in [0.29, 0.717) is 38.6 Å². The van der Waals surface area contributed by atoms with Gasteiger partial charge in [0.15, 0.2) is 5.78 Å². The zero-order valence-corrected chi connectivity index (χ0v) is 24.6. The number of nitrogens with two attached hydrogens (primary N) is 1. The average molecular weight is 553 g/mol. The monoisotopic (exact) mass is 552 g/mol. The summed E-state index contributed by atoms with van der Waals surface area (Å²) in [6, 6.07) is -2.66. The summed E-state index contributed by atoms with van der Waals surface area (Å²) in [6.07, 6.45) is 2.94. The summed E-state index contributed by atoms with van der Waals surface area (Å²) >= 11 is 0. The molecule has 0 spiro atoms. The minimum Gasteiger partial charge on any atom is -0.352 e. The molecule has 0 aromatic rings. The van der Waals surface area contributed by atoms with Crippen LogP contribution in [0.2, 0.25) is 0 Å². The molecule has 0 aromatic carbocycles. The van der Waals surface area contributed by atoms with Crippen LogP contribution in [-0.2, 0) is 24.0 Å². The number of hydrogen-bond acceptors (Lipinski definition) is 7. The minimum absolute atomic E-state index is 0.143. The maximum absolute atomic E-state index is 13.1. The van der Waals surface area contributed by atoms with Crippen LogP contribution in [0.1, 0.15) is 79.6 Å². The maximum Gasteiger partial charge on any atom is 0.312 e. The quantitative estimate of drug-likeness (QED) is 0.163. The van der Waals surface area contributed by atoms with E-state index in [2.05, 4.69) is 16.0 Å². The van der Waals surface area contributed by atoms with E-state index in [1.54, 1.807) is 39.8 Å². The van der Waals surface area contributed by atoms with Gasteiger partial charge in [0.1, 0.15) is 6.04 Å². The van der Waals surface area contributed by atoms with Crippen molar-refractivity contribution in [3.63, 3.8) is 0 Å². The fraction of sp³-hybridized carbons (Fsp3) is 0.778. The summed E-state index contributed by atoms with van der Waals surface area (Å²) in [5, 5.41) is 8.07. The van der Waals surface area contributed by atoms with Crippen molar-refractivity contribution < 1.29 is 28.8 Å². The Morgan fingerprint density at radius 2 is 1.67 bits per heavy atom. The number of carbonyl (C=O) groups excluding carboxylic acids is 6. The third-order valence-corrected chi connectivity index (χ3v) is 6.74. The first kappa shape index (κ1) is 34.0. The number of imide groups is 1. The lowest BCUT2D eigenvalue weighted by Gasteiger charge is -2.28. The van der Waals surface area contributed by atoms with Gasteiger partial charge >= 0.3 is 6.03 Å². The topological polar surface area (TPSA) is 171 Å². The number of urea groups is 1. The second-order valence-corrected chi connectivity index (χ2v) is 11.8. The first-order valence-corrected chi connectivity index (χ1v) is 13.7. The van der Waals surface area contributed by atoms with E-state index in [1.165, 1.54) is 4.90 Å². The summed E-state index contributed by atoms with van der Waals surface area (Å²) in [5.41, 5.74) is 4.40. The zero-order valence-electron chi connectivity index (χ0n) is 24.6. The molecule has 0 radical (unpaired) electrons. The van der Waals surface area contributed by atoms with Crippen molar-refractivity contribution >= 4 is 35.4 Å². The van der Waals surface area contributed by atoms with Gasteiger partial charge in [-0.3, -0.25) is 33.8 Å². The molecular formula is C27H48N6O6. The number of nitrogens with one attached hydrogen (secondary N) is 3. The SMILES string of the molecule is CC(C)[C@H](NC(=O)CCCCCN1C(=O)CC(N(C)C)C1=O)C(=O)N[C@@H](CCCNC(N)=O)C(=O)C(C)(C)C. The summed E-state index contributed by atoms with van der Waals surface area (Å²) < 4.78 is 0. The van der Waals surface area contributed by atoms with E-state index < -0.39 is 35.5 Å². The fourth-order valence-corrected chi connectivity index (χ4v) is 4.39. The van der Waals surface area contributed by atoms with Crippen LogP contribution in [0.25, 0.3) is 0 Å². The first-order chi connectivity index (χ1) is 18.1. The zero-order chi connectivity index (χ0) is 29.9. The van der Waals surface area contributed by atoms with Crippen molar-refractivity contribution in [2.24, 2.45) is 17.1 Å². The summed E-state index contributed by atoms with van der Waals surface area (Å²) in [5.74, 6) is -1.43. The Balaban J connectivity index is 2.60. The minimum atomic E-state index is -0.820. The molecule has 1 unspecified atom stereocenters. The Bertz CT molecular complexity index is 898. The van der Waals surface area contributed by atoms with Crippen molar-refractivity contribution in [3.8, 4) is 0 Å². The van der Waals surface area contributed by atoms with Gasteiger partial charge in [0.05, 0.1) is 18.5 Å². The molecule has 5 N–H and O–H groups in total. The number of ketones is 1. The number of likely N-dealkylation sites (tertiary alicyclic amines) is 1. The molecule has 0 aliphatic carbocycles. The number of amides is 6. The number of rotatable bonds is 16. The Morgan fingerprint density at radius 3 is 2.18 bits per heavy atom. The smallest absolute Gasteiger partial charge is 0.312 e. The highest BCUT2D eigenvalue weighted by molar-refractivity contribution is 6.05. The molecule has 3 atom stereocenters. The van der Waals surface area contributed by atoms with Crippen LogP contribution in [0.5, 0.6) is 0 Å². The fourth-order valence-electron chi connectivity index (χ4n) is 4.39. The van der Waals surface area contributed by atoms with Gasteiger partial charge in [-0.05, 0) is 45.7 Å². The molecule has 0 bridgehead atoms. The van der Waals surface area contributed by atoms with Gasteiger partial charge in [0, 0.05) is 24.9 Å². The molecule has 6 amide bonds. The van der Waals surface area contributed by atoms with E-state index in [0.717, 1.165) is 0 Å². The molecule has 39 heavy (non-hydrogen) atoms. The molecule has 1 saturated heterocycles. The third kappa shape index (κ3) is 11.3. The van der Waals surface area contributed by atoms with Crippen molar-refractivity contribution in [2.45, 2.75) is 97.7 Å². The Hall–Kier alpha value is -3.02. The molecule has 12 nitrogen and oxygen atoms in total. The Morgan fingerprint density at radius 1 is 1.03 bits per heavy atom. The molecular weight excluding hydrogens is 504 g/mol. The van der Waals surface area contributed by atoms with E-state index in [-0.39, 0.29) is 48.8 Å². The van der Waals surface area contributed by atoms with Crippen LogP contribution in [0.15, 0.2) is 0 Å². The highest BCUT2D eigenvalue weighted by Crippen LogP contribution is 2.20. The predicted molar refractivity (Wildman–Crippen MR) is 147 cm³/mol. The lowest BCUT2D eigenvalue weighted by molar-refractivity contribution is -0.139. The number of hydrogen-bond donors (Lipinski definition) is 4. The average Bonchev–Trinajstić information content (AvgIpc) is 3.11. The molecule has 1 aliphatic rings. The summed E-state index contributed by atoms with van der Waals surface area (Å²) in [6.45, 7) is 9.55. The van der Waals surface area contributed by atoms with Gasteiger partial charge in [0.25, 0.3) is 0 Å². The largest absolute Gasteiger partial charge is 0.352 e. The summed E-state index contributed by atoms with van der Waals surface area (Å²) in [4.78, 5) is 77.2. The molecule has 1 rings (SSSR count). The van der Waals surface area contributed by atoms with Gasteiger partial charge in [0.2, 0.25) is 23.6 Å².